The Kier molecular flexibility index (Phi) is 7.54. The third-order valence-electron chi connectivity index (χ3n) is 5.83. The van der Waals surface area contributed by atoms with E-state index in [2.05, 4.69) is 5.32 Å². The molecule has 1 aliphatic heterocycles. The lowest BCUT2D eigenvalue weighted by Gasteiger charge is -2.42. The summed E-state index contributed by atoms with van der Waals surface area (Å²) in [6.07, 6.45) is -12.2. The van der Waals surface area contributed by atoms with E-state index in [9.17, 15) is 35.5 Å². The summed E-state index contributed by atoms with van der Waals surface area (Å²) in [5, 5.41) is 2.86. The number of nitrogens with zero attached hydrogens (tertiary/aromatic N) is 1. The number of piperidine rings is 1. The third kappa shape index (κ3) is 5.86. The molecule has 34 heavy (non-hydrogen) atoms. The first kappa shape index (κ1) is 25.9. The van der Waals surface area contributed by atoms with E-state index < -0.39 is 65.3 Å². The van der Waals surface area contributed by atoms with E-state index in [0.717, 1.165) is 17.0 Å². The minimum absolute atomic E-state index is 0.0177. The van der Waals surface area contributed by atoms with Gasteiger partial charge in [0.2, 0.25) is 5.91 Å². The molecule has 1 fully saturated rings. The van der Waals surface area contributed by atoms with Gasteiger partial charge in [-0.25, -0.2) is 8.78 Å². The summed E-state index contributed by atoms with van der Waals surface area (Å²) in [6.45, 7) is 0.336. The van der Waals surface area contributed by atoms with Gasteiger partial charge in [0.25, 0.3) is 0 Å². The largest absolute Gasteiger partial charge is 0.416 e. The molecular formula is C23H22F8N2O. The molecule has 0 radical (unpaired) electrons. The summed E-state index contributed by atoms with van der Waals surface area (Å²) < 4.78 is 108. The van der Waals surface area contributed by atoms with Gasteiger partial charge in [-0.1, -0.05) is 12.1 Å². The number of halogens is 8. The van der Waals surface area contributed by atoms with Crippen LogP contribution in [0.1, 0.15) is 34.7 Å². The highest BCUT2D eigenvalue weighted by Crippen LogP contribution is 2.39. The number of rotatable bonds is 5. The Hall–Kier alpha value is -2.69. The molecule has 186 valence electrons. The first-order chi connectivity index (χ1) is 15.8. The van der Waals surface area contributed by atoms with Crippen molar-refractivity contribution < 1.29 is 39.9 Å². The van der Waals surface area contributed by atoms with Crippen molar-refractivity contribution in [3.8, 4) is 0 Å². The Labute approximate surface area is 190 Å². The van der Waals surface area contributed by atoms with Gasteiger partial charge in [-0.2, -0.15) is 26.3 Å². The van der Waals surface area contributed by atoms with Crippen LogP contribution in [-0.4, -0.2) is 37.1 Å². The smallest absolute Gasteiger partial charge is 0.332 e. The van der Waals surface area contributed by atoms with E-state index >= 15 is 4.39 Å². The van der Waals surface area contributed by atoms with Crippen molar-refractivity contribution in [1.29, 1.82) is 0 Å². The first-order valence-corrected chi connectivity index (χ1v) is 10.4. The molecule has 0 aromatic heterocycles. The van der Waals surface area contributed by atoms with Crippen molar-refractivity contribution >= 4 is 5.91 Å². The zero-order valence-corrected chi connectivity index (χ0v) is 18.0. The molecule has 1 heterocycles. The van der Waals surface area contributed by atoms with Crippen LogP contribution >= 0.6 is 0 Å². The molecule has 1 saturated heterocycles. The molecule has 2 aromatic rings. The van der Waals surface area contributed by atoms with Crippen molar-refractivity contribution in [2.45, 2.75) is 37.4 Å². The van der Waals surface area contributed by atoms with Crippen molar-refractivity contribution in [3.63, 3.8) is 0 Å². The van der Waals surface area contributed by atoms with Crippen molar-refractivity contribution in [2.24, 2.45) is 5.92 Å². The lowest BCUT2D eigenvalue weighted by atomic mass is 9.84. The molecule has 2 aromatic carbocycles. The van der Waals surface area contributed by atoms with Gasteiger partial charge >= 0.3 is 12.4 Å². The van der Waals surface area contributed by atoms with E-state index in [0.29, 0.717) is 18.7 Å². The predicted octanol–water partition coefficient (Wildman–Crippen LogP) is 5.55. The molecule has 1 unspecified atom stereocenters. The maximum atomic E-state index is 15.5. The summed E-state index contributed by atoms with van der Waals surface area (Å²) in [4.78, 5) is 14.2. The highest BCUT2D eigenvalue weighted by Gasteiger charge is 2.42. The van der Waals surface area contributed by atoms with Crippen LogP contribution in [0.2, 0.25) is 0 Å². The predicted molar refractivity (Wildman–Crippen MR) is 108 cm³/mol. The van der Waals surface area contributed by atoms with Crippen molar-refractivity contribution in [1.82, 2.24) is 10.2 Å². The molecule has 0 aliphatic carbocycles. The van der Waals surface area contributed by atoms with E-state index in [4.69, 9.17) is 0 Å². The van der Waals surface area contributed by atoms with Gasteiger partial charge in [-0.15, -0.1) is 0 Å². The standard InChI is InChI=1S/C23H22F8N2O/c1-32-12-15-6-7-33(21(20(15)25)14-2-4-18(24)5-3-14)19(34)10-13-8-16(22(26,27)28)11-17(9-13)23(29,30)31/h2-5,8-9,11,15,20-21,32H,6-7,10,12H2,1H3/t15-,20-,21?/m1/s1. The van der Waals surface area contributed by atoms with Crippen LogP contribution in [-0.2, 0) is 23.6 Å². The zero-order valence-electron chi connectivity index (χ0n) is 18.0. The quantitative estimate of drug-likeness (QED) is 0.553. The molecule has 0 spiro atoms. The average molecular weight is 494 g/mol. The summed E-state index contributed by atoms with van der Waals surface area (Å²) in [5.41, 5.74) is -3.27. The number of hydrogen-bond donors (Lipinski definition) is 1. The number of carbonyl (C=O) groups is 1. The van der Waals surface area contributed by atoms with Gasteiger partial charge in [0, 0.05) is 19.0 Å². The topological polar surface area (TPSA) is 32.3 Å². The van der Waals surface area contributed by atoms with Crippen LogP contribution in [0.4, 0.5) is 35.1 Å². The van der Waals surface area contributed by atoms with Gasteiger partial charge in [0.05, 0.1) is 23.6 Å². The van der Waals surface area contributed by atoms with Crippen LogP contribution in [0.3, 0.4) is 0 Å². The van der Waals surface area contributed by atoms with Crippen molar-refractivity contribution in [2.75, 3.05) is 20.1 Å². The van der Waals surface area contributed by atoms with E-state index in [-0.39, 0.29) is 24.6 Å². The fraction of sp³-hybridized carbons (Fsp3) is 0.435. The van der Waals surface area contributed by atoms with Gasteiger partial charge in [-0.3, -0.25) is 4.79 Å². The maximum absolute atomic E-state index is 15.5. The summed E-state index contributed by atoms with van der Waals surface area (Å²) >= 11 is 0. The number of amides is 1. The maximum Gasteiger partial charge on any atom is 0.416 e. The minimum Gasteiger partial charge on any atom is -0.332 e. The monoisotopic (exact) mass is 494 g/mol. The number of alkyl halides is 7. The normalized spacial score (nSPS) is 21.6. The molecule has 3 rings (SSSR count). The van der Waals surface area contributed by atoms with Gasteiger partial charge in [-0.05, 0) is 54.9 Å². The van der Waals surface area contributed by atoms with Crippen LogP contribution < -0.4 is 5.32 Å². The average Bonchev–Trinajstić information content (AvgIpc) is 2.74. The Balaban J connectivity index is 1.95. The van der Waals surface area contributed by atoms with Crippen LogP contribution in [0.5, 0.6) is 0 Å². The first-order valence-electron chi connectivity index (χ1n) is 10.4. The number of hydrogen-bond acceptors (Lipinski definition) is 2. The Morgan fingerprint density at radius 1 is 1.00 bits per heavy atom. The molecule has 3 atom stereocenters. The Morgan fingerprint density at radius 3 is 2.06 bits per heavy atom. The molecule has 3 nitrogen and oxygen atoms in total. The van der Waals surface area contributed by atoms with E-state index in [1.54, 1.807) is 7.05 Å². The fourth-order valence-corrected chi connectivity index (χ4v) is 4.21. The molecular weight excluding hydrogens is 472 g/mol. The second-order valence-corrected chi connectivity index (χ2v) is 8.23. The molecule has 0 bridgehead atoms. The van der Waals surface area contributed by atoms with Crippen LogP contribution in [0, 0.1) is 11.7 Å². The van der Waals surface area contributed by atoms with Gasteiger partial charge in [0.1, 0.15) is 12.0 Å². The van der Waals surface area contributed by atoms with E-state index in [1.165, 1.54) is 12.1 Å². The minimum atomic E-state index is -5.05. The molecule has 11 heteroatoms. The Morgan fingerprint density at radius 2 is 1.56 bits per heavy atom. The molecule has 1 amide bonds. The number of likely N-dealkylation sites (tertiary alicyclic amines) is 1. The highest BCUT2D eigenvalue weighted by atomic mass is 19.4. The lowest BCUT2D eigenvalue weighted by Crippen LogP contribution is -2.50. The third-order valence-corrected chi connectivity index (χ3v) is 5.83. The number of benzene rings is 2. The van der Waals surface area contributed by atoms with E-state index in [1.807, 2.05) is 0 Å². The summed E-state index contributed by atoms with van der Waals surface area (Å²) in [7, 11) is 1.63. The lowest BCUT2D eigenvalue weighted by molar-refractivity contribution is -0.144. The number of nitrogens with one attached hydrogen (secondary N) is 1. The molecule has 0 saturated carbocycles. The summed E-state index contributed by atoms with van der Waals surface area (Å²) in [5.74, 6) is -1.90. The van der Waals surface area contributed by atoms with Crippen molar-refractivity contribution in [3.05, 3.63) is 70.5 Å². The SMILES string of the molecule is CNC[C@H]1CCN(C(=O)Cc2cc(C(F)(F)F)cc(C(F)(F)F)c2)C(c2ccc(F)cc2)[C@@H]1F. The van der Waals surface area contributed by atoms with Crippen LogP contribution in [0.25, 0.3) is 0 Å². The Bertz CT molecular complexity index is 971. The van der Waals surface area contributed by atoms with Gasteiger partial charge < -0.3 is 10.2 Å². The second-order valence-electron chi connectivity index (χ2n) is 8.23. The van der Waals surface area contributed by atoms with Crippen LogP contribution in [0.15, 0.2) is 42.5 Å². The zero-order chi connectivity index (χ0) is 25.3. The molecule has 1 aliphatic rings. The highest BCUT2D eigenvalue weighted by molar-refractivity contribution is 5.79. The fourth-order valence-electron chi connectivity index (χ4n) is 4.21. The molecule has 1 N–H and O–H groups in total. The second kappa shape index (κ2) is 9.89. The van der Waals surface area contributed by atoms with Gasteiger partial charge in [0.15, 0.2) is 0 Å². The summed E-state index contributed by atoms with van der Waals surface area (Å²) in [6, 6.07) is 4.59. The number of carbonyl (C=O) groups excluding carboxylic acids is 1.